The van der Waals surface area contributed by atoms with E-state index in [4.69, 9.17) is 28.4 Å². The van der Waals surface area contributed by atoms with Gasteiger partial charge < -0.3 is 33.7 Å². The Bertz CT molecular complexity index is 1740. The number of methoxy groups -OCH3 is 3. The third kappa shape index (κ3) is 4.36. The first-order valence-corrected chi connectivity index (χ1v) is 14.1. The van der Waals surface area contributed by atoms with Crippen LogP contribution in [0.1, 0.15) is 44.7 Å². The van der Waals surface area contributed by atoms with E-state index >= 15 is 0 Å². The van der Waals surface area contributed by atoms with E-state index in [2.05, 4.69) is 15.6 Å². The number of aryl methyl sites for hydroxylation is 1. The maximum atomic E-state index is 13.6. The third-order valence-electron chi connectivity index (χ3n) is 8.57. The minimum Gasteiger partial charge on any atom is -0.493 e. The van der Waals surface area contributed by atoms with Crippen LogP contribution in [0.4, 0.5) is 5.69 Å². The van der Waals surface area contributed by atoms with Gasteiger partial charge in [0.2, 0.25) is 12.5 Å². The highest BCUT2D eigenvalue weighted by atomic mass is 16.7. The monoisotopic (exact) mass is 598 g/mol. The van der Waals surface area contributed by atoms with Gasteiger partial charge in [0.05, 0.1) is 46.1 Å². The Hall–Kier alpha value is -5.26. The Morgan fingerprint density at radius 1 is 0.932 bits per heavy atom. The van der Waals surface area contributed by atoms with Gasteiger partial charge in [0.15, 0.2) is 23.0 Å². The minimum absolute atomic E-state index is 0.0696. The van der Waals surface area contributed by atoms with Crippen LogP contribution in [-0.2, 0) is 9.53 Å². The maximum absolute atomic E-state index is 13.6. The van der Waals surface area contributed by atoms with Crippen LogP contribution in [0.25, 0.3) is 0 Å². The van der Waals surface area contributed by atoms with Gasteiger partial charge in [-0.3, -0.25) is 9.59 Å². The summed E-state index contributed by atoms with van der Waals surface area (Å²) < 4.78 is 35.7. The Morgan fingerprint density at radius 2 is 1.61 bits per heavy atom. The number of ether oxygens (including phenoxy) is 6. The lowest BCUT2D eigenvalue weighted by Gasteiger charge is -2.39. The van der Waals surface area contributed by atoms with E-state index in [0.717, 1.165) is 22.3 Å². The fourth-order valence-corrected chi connectivity index (χ4v) is 6.57. The third-order valence-corrected chi connectivity index (χ3v) is 8.57. The molecule has 0 unspecified atom stereocenters. The Kier molecular flexibility index (Phi) is 6.75. The average Bonchev–Trinajstić information content (AvgIpc) is 3.79. The highest BCUT2D eigenvalue weighted by Crippen LogP contribution is 2.56. The van der Waals surface area contributed by atoms with Crippen molar-refractivity contribution < 1.29 is 38.0 Å². The minimum atomic E-state index is -0.632. The number of carbonyl (C=O) groups excluding carboxylic acids is 2. The molecule has 1 fully saturated rings. The summed E-state index contributed by atoms with van der Waals surface area (Å²) in [5.74, 6) is 0.240. The van der Waals surface area contributed by atoms with Gasteiger partial charge in [0, 0.05) is 17.5 Å². The van der Waals surface area contributed by atoms with E-state index in [-0.39, 0.29) is 31.0 Å². The van der Waals surface area contributed by atoms with E-state index in [1.807, 2.05) is 55.5 Å². The molecule has 3 aromatic carbocycles. The summed E-state index contributed by atoms with van der Waals surface area (Å²) in [4.78, 5) is 27.2. The van der Waals surface area contributed by atoms with E-state index < -0.39 is 23.8 Å². The van der Waals surface area contributed by atoms with Crippen molar-refractivity contribution in [2.24, 2.45) is 11.8 Å². The summed E-state index contributed by atoms with van der Waals surface area (Å²) in [6, 6.07) is 14.4. The molecule has 12 nitrogen and oxygen atoms in total. The number of anilines is 1. The first-order valence-electron chi connectivity index (χ1n) is 14.1. The number of esters is 1. The van der Waals surface area contributed by atoms with Crippen molar-refractivity contribution in [2.75, 3.05) is 40.0 Å². The summed E-state index contributed by atoms with van der Waals surface area (Å²) in [5.41, 5.74) is 4.33. The van der Waals surface area contributed by atoms with Crippen LogP contribution in [0.5, 0.6) is 28.7 Å². The summed E-state index contributed by atoms with van der Waals surface area (Å²) in [5, 5.41) is 11.4. The summed E-state index contributed by atoms with van der Waals surface area (Å²) in [7, 11) is 4.63. The molecule has 0 bridgehead atoms. The van der Waals surface area contributed by atoms with Gasteiger partial charge in [-0.15, -0.1) is 5.10 Å². The van der Waals surface area contributed by atoms with Gasteiger partial charge in [-0.2, -0.15) is 0 Å². The molecular weight excluding hydrogens is 568 g/mol. The molecule has 0 spiro atoms. The SMILES string of the molecule is COc1cc([C@@H]2c3cc4c(cc3[C@@H](n3nncc3C(=O)Nc3ccc(C)cc3)[C@H]3COC(=O)[C@H]23)OCO4)cc(OC)c1OC. The van der Waals surface area contributed by atoms with Crippen molar-refractivity contribution in [3.8, 4) is 28.7 Å². The average molecular weight is 599 g/mol. The number of fused-ring (bicyclic) bond motifs is 3. The Balaban J connectivity index is 1.39. The van der Waals surface area contributed by atoms with Crippen LogP contribution in [0, 0.1) is 18.8 Å². The van der Waals surface area contributed by atoms with Gasteiger partial charge in [0.25, 0.3) is 5.91 Å². The maximum Gasteiger partial charge on any atom is 0.310 e. The Morgan fingerprint density at radius 3 is 2.27 bits per heavy atom. The van der Waals surface area contributed by atoms with E-state index in [0.29, 0.717) is 34.4 Å². The highest BCUT2D eigenvalue weighted by molar-refractivity contribution is 6.03. The molecule has 0 radical (unpaired) electrons. The van der Waals surface area contributed by atoms with E-state index in [9.17, 15) is 9.59 Å². The molecule has 226 valence electrons. The summed E-state index contributed by atoms with van der Waals surface area (Å²) in [6.45, 7) is 2.17. The fraction of sp³-hybridized carbons (Fsp3) is 0.312. The number of amides is 1. The quantitative estimate of drug-likeness (QED) is 0.310. The zero-order valence-electron chi connectivity index (χ0n) is 24.5. The molecular formula is C32H30N4O8. The lowest BCUT2D eigenvalue weighted by molar-refractivity contribution is -0.141. The predicted octanol–water partition coefficient (Wildman–Crippen LogP) is 4.12. The molecule has 0 saturated carbocycles. The molecule has 7 rings (SSSR count). The summed E-state index contributed by atoms with van der Waals surface area (Å²) in [6.07, 6.45) is 1.42. The number of hydrogen-bond donors (Lipinski definition) is 1. The smallest absolute Gasteiger partial charge is 0.310 e. The highest BCUT2D eigenvalue weighted by Gasteiger charge is 2.54. The molecule has 12 heteroatoms. The van der Waals surface area contributed by atoms with Gasteiger partial charge in [-0.05, 0) is 60.0 Å². The number of hydrogen-bond acceptors (Lipinski definition) is 10. The molecule has 3 heterocycles. The van der Waals surface area contributed by atoms with Crippen molar-refractivity contribution >= 4 is 17.6 Å². The number of nitrogens with zero attached hydrogens (tertiary/aromatic N) is 3. The van der Waals surface area contributed by atoms with Crippen molar-refractivity contribution in [1.29, 1.82) is 0 Å². The van der Waals surface area contributed by atoms with Gasteiger partial charge >= 0.3 is 5.97 Å². The van der Waals surface area contributed by atoms with Crippen molar-refractivity contribution in [3.05, 3.63) is 82.7 Å². The number of rotatable bonds is 7. The zero-order valence-corrected chi connectivity index (χ0v) is 24.5. The van der Waals surface area contributed by atoms with E-state index in [1.54, 1.807) is 18.9 Å². The molecule has 44 heavy (non-hydrogen) atoms. The predicted molar refractivity (Wildman–Crippen MR) is 156 cm³/mol. The van der Waals surface area contributed by atoms with Crippen molar-refractivity contribution in [2.45, 2.75) is 18.9 Å². The number of aromatic nitrogens is 3. The van der Waals surface area contributed by atoms with Crippen LogP contribution in [0.3, 0.4) is 0 Å². The molecule has 1 aliphatic carbocycles. The number of cyclic esters (lactones) is 1. The molecule has 3 aliphatic rings. The second-order valence-electron chi connectivity index (χ2n) is 10.9. The standard InChI is InChI=1S/C32H30N4O8/c1-16-5-7-18(8-6-16)34-31(37)22-13-33-35-36(22)29-20-12-24-23(43-15-44-24)11-19(20)27(28-21(29)14-42-32(28)38)17-9-25(39-2)30(41-4)26(10-17)40-3/h5-13,21,27-29H,14-15H2,1-4H3,(H,34,37)/t21-,27+,28-,29+/m0/s1. The lowest BCUT2D eigenvalue weighted by Crippen LogP contribution is -2.39. The molecule has 4 aromatic rings. The van der Waals surface area contributed by atoms with Gasteiger partial charge in [-0.1, -0.05) is 22.9 Å². The molecule has 1 aromatic heterocycles. The fourth-order valence-electron chi connectivity index (χ4n) is 6.57. The van der Waals surface area contributed by atoms with Crippen LogP contribution < -0.4 is 29.0 Å². The molecule has 4 atom stereocenters. The van der Waals surface area contributed by atoms with Crippen LogP contribution in [0.2, 0.25) is 0 Å². The molecule has 1 amide bonds. The van der Waals surface area contributed by atoms with Crippen molar-refractivity contribution in [1.82, 2.24) is 15.0 Å². The van der Waals surface area contributed by atoms with Crippen LogP contribution in [0.15, 0.2) is 54.7 Å². The first-order chi connectivity index (χ1) is 21.4. The summed E-state index contributed by atoms with van der Waals surface area (Å²) >= 11 is 0. The van der Waals surface area contributed by atoms with Gasteiger partial charge in [0.1, 0.15) is 5.69 Å². The number of nitrogens with one attached hydrogen (secondary N) is 1. The number of carbonyl (C=O) groups is 2. The van der Waals surface area contributed by atoms with Crippen LogP contribution in [-0.4, -0.2) is 61.6 Å². The normalized spacial score (nSPS) is 21.2. The topological polar surface area (TPSA) is 132 Å². The second kappa shape index (κ2) is 10.8. The first kappa shape index (κ1) is 27.6. The van der Waals surface area contributed by atoms with Crippen LogP contribution >= 0.6 is 0 Å². The molecule has 2 aliphatic heterocycles. The Labute approximate surface area is 252 Å². The van der Waals surface area contributed by atoms with Crippen molar-refractivity contribution in [3.63, 3.8) is 0 Å². The molecule has 1 saturated heterocycles. The lowest BCUT2D eigenvalue weighted by atomic mass is 9.65. The van der Waals surface area contributed by atoms with Gasteiger partial charge in [-0.25, -0.2) is 4.68 Å². The second-order valence-corrected chi connectivity index (χ2v) is 10.9. The molecule has 1 N–H and O–H groups in total. The van der Waals surface area contributed by atoms with E-state index in [1.165, 1.54) is 13.3 Å². The largest absolute Gasteiger partial charge is 0.493 e. The number of benzene rings is 3. The zero-order chi connectivity index (χ0) is 30.5.